The number of esters is 1. The number of benzene rings is 1. The van der Waals surface area contributed by atoms with E-state index in [1.807, 2.05) is 19.9 Å². The lowest BCUT2D eigenvalue weighted by Crippen LogP contribution is -2.25. The maximum absolute atomic E-state index is 11.8. The molecule has 0 aliphatic carbocycles. The van der Waals surface area contributed by atoms with Gasteiger partial charge in [0.05, 0.1) is 0 Å². The van der Waals surface area contributed by atoms with Crippen LogP contribution in [0.3, 0.4) is 0 Å². The summed E-state index contributed by atoms with van der Waals surface area (Å²) in [6.45, 7) is 3.28. The fourth-order valence-corrected chi connectivity index (χ4v) is 1.38. The first-order valence-corrected chi connectivity index (χ1v) is 4.60. The minimum absolute atomic E-state index is 0.360. The highest BCUT2D eigenvalue weighted by atomic mass is 19.4. The molecule has 1 aromatic rings. The molecular weight excluding hydrogens is 221 g/mol. The quantitative estimate of drug-likeness (QED) is 0.733. The van der Waals surface area contributed by atoms with E-state index in [1.165, 1.54) is 0 Å². The highest BCUT2D eigenvalue weighted by Gasteiger charge is 2.40. The highest BCUT2D eigenvalue weighted by molar-refractivity contribution is 5.75. The SMILES string of the molecule is Cc1cc(C)cc(COC(=O)C(F)(F)F)c1. The Balaban J connectivity index is 2.65. The zero-order chi connectivity index (χ0) is 12.3. The summed E-state index contributed by atoms with van der Waals surface area (Å²) in [5.41, 5.74) is 2.38. The predicted molar refractivity (Wildman–Crippen MR) is 51.8 cm³/mol. The van der Waals surface area contributed by atoms with E-state index in [4.69, 9.17) is 0 Å². The largest absolute Gasteiger partial charge is 0.490 e. The lowest BCUT2D eigenvalue weighted by atomic mass is 10.1. The van der Waals surface area contributed by atoms with Gasteiger partial charge >= 0.3 is 12.1 Å². The van der Waals surface area contributed by atoms with Crippen LogP contribution in [0.1, 0.15) is 16.7 Å². The molecule has 0 heterocycles. The first kappa shape index (κ1) is 12.5. The normalized spacial score (nSPS) is 11.3. The molecule has 0 amide bonds. The van der Waals surface area contributed by atoms with E-state index < -0.39 is 12.1 Å². The van der Waals surface area contributed by atoms with Crippen molar-refractivity contribution in [3.05, 3.63) is 34.9 Å². The fourth-order valence-electron chi connectivity index (χ4n) is 1.38. The Bertz CT molecular complexity index is 376. The maximum Gasteiger partial charge on any atom is 0.490 e. The summed E-state index contributed by atoms with van der Waals surface area (Å²) in [5, 5.41) is 0. The second kappa shape index (κ2) is 4.55. The Morgan fingerprint density at radius 3 is 2.12 bits per heavy atom. The Kier molecular flexibility index (Phi) is 3.57. The van der Waals surface area contributed by atoms with Crippen molar-refractivity contribution < 1.29 is 22.7 Å². The third kappa shape index (κ3) is 3.56. The summed E-state index contributed by atoms with van der Waals surface area (Å²) < 4.78 is 39.6. The zero-order valence-electron chi connectivity index (χ0n) is 8.89. The lowest BCUT2D eigenvalue weighted by Gasteiger charge is -2.08. The van der Waals surface area contributed by atoms with Crippen molar-refractivity contribution in [3.8, 4) is 0 Å². The molecule has 88 valence electrons. The summed E-state index contributed by atoms with van der Waals surface area (Å²) in [6, 6.07) is 5.24. The molecule has 0 aliphatic rings. The van der Waals surface area contributed by atoms with Crippen LogP contribution >= 0.6 is 0 Å². The number of carbonyl (C=O) groups is 1. The number of carbonyl (C=O) groups excluding carboxylic acids is 1. The zero-order valence-corrected chi connectivity index (χ0v) is 8.89. The second-order valence-corrected chi connectivity index (χ2v) is 3.57. The summed E-state index contributed by atoms with van der Waals surface area (Å²) >= 11 is 0. The van der Waals surface area contributed by atoms with Gasteiger partial charge in [-0.05, 0) is 19.4 Å². The van der Waals surface area contributed by atoms with Crippen molar-refractivity contribution in [2.45, 2.75) is 26.6 Å². The molecule has 16 heavy (non-hydrogen) atoms. The van der Waals surface area contributed by atoms with Gasteiger partial charge in [-0.3, -0.25) is 0 Å². The van der Waals surface area contributed by atoms with Crippen LogP contribution in [0.2, 0.25) is 0 Å². The summed E-state index contributed by atoms with van der Waals surface area (Å²) in [5.74, 6) is -2.16. The van der Waals surface area contributed by atoms with Crippen LogP contribution < -0.4 is 0 Å². The third-order valence-electron chi connectivity index (χ3n) is 1.88. The molecule has 1 rings (SSSR count). The number of hydrogen-bond acceptors (Lipinski definition) is 2. The molecular formula is C11H11F3O2. The first-order valence-electron chi connectivity index (χ1n) is 4.60. The summed E-state index contributed by atoms with van der Waals surface area (Å²) in [7, 11) is 0. The topological polar surface area (TPSA) is 26.3 Å². The van der Waals surface area contributed by atoms with E-state index >= 15 is 0 Å². The van der Waals surface area contributed by atoms with E-state index in [0.29, 0.717) is 5.56 Å². The van der Waals surface area contributed by atoms with Gasteiger partial charge in [0.15, 0.2) is 0 Å². The Labute approximate surface area is 91.0 Å². The Morgan fingerprint density at radius 2 is 1.69 bits per heavy atom. The van der Waals surface area contributed by atoms with E-state index in [-0.39, 0.29) is 6.61 Å². The smallest absolute Gasteiger partial charge is 0.454 e. The monoisotopic (exact) mass is 232 g/mol. The molecule has 0 bridgehead atoms. The number of hydrogen-bond donors (Lipinski definition) is 0. The van der Waals surface area contributed by atoms with E-state index in [0.717, 1.165) is 11.1 Å². The average Bonchev–Trinajstić information content (AvgIpc) is 2.11. The highest BCUT2D eigenvalue weighted by Crippen LogP contribution is 2.18. The van der Waals surface area contributed by atoms with Crippen molar-refractivity contribution in [1.82, 2.24) is 0 Å². The van der Waals surface area contributed by atoms with Gasteiger partial charge in [-0.15, -0.1) is 0 Å². The molecule has 0 aromatic heterocycles. The van der Waals surface area contributed by atoms with Gasteiger partial charge in [0.25, 0.3) is 0 Å². The minimum atomic E-state index is -4.93. The molecule has 0 saturated carbocycles. The predicted octanol–water partition coefficient (Wildman–Crippen LogP) is 2.91. The fraction of sp³-hybridized carbons (Fsp3) is 0.364. The Morgan fingerprint density at radius 1 is 1.19 bits per heavy atom. The van der Waals surface area contributed by atoms with Crippen molar-refractivity contribution >= 4 is 5.97 Å². The summed E-state index contributed by atoms with van der Waals surface area (Å²) in [4.78, 5) is 10.5. The van der Waals surface area contributed by atoms with E-state index in [2.05, 4.69) is 4.74 Å². The third-order valence-corrected chi connectivity index (χ3v) is 1.88. The summed E-state index contributed by atoms with van der Waals surface area (Å²) in [6.07, 6.45) is -4.93. The molecule has 0 atom stereocenters. The van der Waals surface area contributed by atoms with Gasteiger partial charge in [0, 0.05) is 0 Å². The lowest BCUT2D eigenvalue weighted by molar-refractivity contribution is -0.201. The van der Waals surface area contributed by atoms with Crippen LogP contribution in [0.4, 0.5) is 13.2 Å². The van der Waals surface area contributed by atoms with Crippen molar-refractivity contribution in [2.75, 3.05) is 0 Å². The first-order chi connectivity index (χ1) is 7.29. The van der Waals surface area contributed by atoms with Crippen LogP contribution in [0, 0.1) is 13.8 Å². The van der Waals surface area contributed by atoms with Crippen LogP contribution in [0.15, 0.2) is 18.2 Å². The average molecular weight is 232 g/mol. The minimum Gasteiger partial charge on any atom is -0.454 e. The van der Waals surface area contributed by atoms with Crippen LogP contribution in [-0.4, -0.2) is 12.1 Å². The van der Waals surface area contributed by atoms with E-state index in [9.17, 15) is 18.0 Å². The van der Waals surface area contributed by atoms with Crippen LogP contribution in [-0.2, 0) is 16.1 Å². The molecule has 0 fully saturated rings. The number of rotatable bonds is 2. The molecule has 2 nitrogen and oxygen atoms in total. The van der Waals surface area contributed by atoms with Crippen LogP contribution in [0.5, 0.6) is 0 Å². The molecule has 1 aromatic carbocycles. The van der Waals surface area contributed by atoms with Gasteiger partial charge in [0.1, 0.15) is 6.61 Å². The molecule has 0 aliphatic heterocycles. The van der Waals surface area contributed by atoms with Gasteiger partial charge in [-0.1, -0.05) is 29.3 Å². The van der Waals surface area contributed by atoms with Crippen LogP contribution in [0.25, 0.3) is 0 Å². The molecule has 0 spiro atoms. The molecule has 0 saturated heterocycles. The molecule has 0 unspecified atom stereocenters. The van der Waals surface area contributed by atoms with E-state index in [1.54, 1.807) is 12.1 Å². The van der Waals surface area contributed by atoms with Gasteiger partial charge in [0.2, 0.25) is 0 Å². The second-order valence-electron chi connectivity index (χ2n) is 3.57. The molecule has 0 radical (unpaired) electrons. The Hall–Kier alpha value is -1.52. The molecule has 0 N–H and O–H groups in total. The van der Waals surface area contributed by atoms with Gasteiger partial charge < -0.3 is 4.74 Å². The van der Waals surface area contributed by atoms with Gasteiger partial charge in [-0.25, -0.2) is 4.79 Å². The number of alkyl halides is 3. The van der Waals surface area contributed by atoms with Crippen molar-refractivity contribution in [1.29, 1.82) is 0 Å². The van der Waals surface area contributed by atoms with Gasteiger partial charge in [-0.2, -0.15) is 13.2 Å². The number of aryl methyl sites for hydroxylation is 2. The van der Waals surface area contributed by atoms with Crippen molar-refractivity contribution in [3.63, 3.8) is 0 Å². The number of halogens is 3. The number of ether oxygens (including phenoxy) is 1. The molecule has 5 heteroatoms. The maximum atomic E-state index is 11.8. The standard InChI is InChI=1S/C11H11F3O2/c1-7-3-8(2)5-9(4-7)6-16-10(15)11(12,13)14/h3-5H,6H2,1-2H3. The van der Waals surface area contributed by atoms with Crippen molar-refractivity contribution in [2.24, 2.45) is 0 Å².